The fraction of sp³-hybridized carbons (Fsp3) is 0.500. The highest BCUT2D eigenvalue weighted by atomic mass is 127. The number of aromatic nitrogens is 2. The fourth-order valence-electron chi connectivity index (χ4n) is 2.19. The SMILES string of the molecule is CN1C(=O)C(I)[C@@H]2C[C@H]2c2nccnc21. The third kappa shape index (κ3) is 1.28. The van der Waals surface area contributed by atoms with Crippen molar-refractivity contribution in [2.75, 3.05) is 11.9 Å². The molecule has 3 atom stereocenters. The molecule has 1 fully saturated rings. The molecule has 2 aliphatic rings. The molecule has 0 spiro atoms. The lowest BCUT2D eigenvalue weighted by molar-refractivity contribution is -0.117. The minimum Gasteiger partial charge on any atom is -0.298 e. The first-order chi connectivity index (χ1) is 7.20. The number of fused-ring (bicyclic) bond motifs is 3. The summed E-state index contributed by atoms with van der Waals surface area (Å²) in [6, 6.07) is 0. The zero-order chi connectivity index (χ0) is 10.6. The van der Waals surface area contributed by atoms with Crippen LogP contribution in [0.15, 0.2) is 12.4 Å². The van der Waals surface area contributed by atoms with Crippen LogP contribution in [0.25, 0.3) is 0 Å². The third-order valence-corrected chi connectivity index (χ3v) is 4.61. The van der Waals surface area contributed by atoms with Gasteiger partial charge in [-0.15, -0.1) is 0 Å². The molecule has 1 aromatic heterocycles. The molecule has 1 aliphatic heterocycles. The highest BCUT2D eigenvalue weighted by Gasteiger charge is 2.51. The summed E-state index contributed by atoms with van der Waals surface area (Å²) in [5.41, 5.74) is 0.998. The van der Waals surface area contributed by atoms with E-state index in [4.69, 9.17) is 0 Å². The van der Waals surface area contributed by atoms with E-state index in [-0.39, 0.29) is 9.83 Å². The molecule has 1 aromatic rings. The van der Waals surface area contributed by atoms with E-state index in [1.54, 1.807) is 24.3 Å². The standard InChI is InChI=1S/C10H10IN3O/c1-14-9-8(12-2-3-13-9)6-4-5(6)7(11)10(14)15/h2-3,5-7H,4H2,1H3/t5-,6-,7?/m1/s1. The maximum atomic E-state index is 12.0. The van der Waals surface area contributed by atoms with Crippen molar-refractivity contribution in [2.45, 2.75) is 16.3 Å². The normalized spacial score (nSPS) is 33.1. The van der Waals surface area contributed by atoms with Gasteiger partial charge in [-0.2, -0.15) is 0 Å². The molecule has 3 rings (SSSR count). The number of nitrogens with zero attached hydrogens (tertiary/aromatic N) is 3. The van der Waals surface area contributed by atoms with E-state index in [0.29, 0.717) is 11.8 Å². The molecule has 1 amide bonds. The Bertz CT molecular complexity index is 436. The van der Waals surface area contributed by atoms with E-state index in [1.807, 2.05) is 0 Å². The van der Waals surface area contributed by atoms with Crippen molar-refractivity contribution in [2.24, 2.45) is 5.92 Å². The first-order valence-corrected chi connectivity index (χ1v) is 6.17. The average Bonchev–Trinajstić information content (AvgIpc) is 3.05. The first-order valence-electron chi connectivity index (χ1n) is 4.92. The topological polar surface area (TPSA) is 46.1 Å². The van der Waals surface area contributed by atoms with Gasteiger partial charge < -0.3 is 0 Å². The van der Waals surface area contributed by atoms with Gasteiger partial charge in [-0.1, -0.05) is 22.6 Å². The van der Waals surface area contributed by atoms with Crippen LogP contribution in [0.3, 0.4) is 0 Å². The molecular weight excluding hydrogens is 305 g/mol. The van der Waals surface area contributed by atoms with Crippen molar-refractivity contribution in [3.63, 3.8) is 0 Å². The molecule has 0 radical (unpaired) electrons. The number of alkyl halides is 1. The highest BCUT2D eigenvalue weighted by molar-refractivity contribution is 14.1. The summed E-state index contributed by atoms with van der Waals surface area (Å²) in [4.78, 5) is 22.3. The minimum atomic E-state index is 0.0774. The second-order valence-electron chi connectivity index (χ2n) is 4.07. The zero-order valence-corrected chi connectivity index (χ0v) is 10.4. The Morgan fingerprint density at radius 3 is 3.00 bits per heavy atom. The molecule has 0 bridgehead atoms. The van der Waals surface area contributed by atoms with Crippen molar-refractivity contribution < 1.29 is 4.79 Å². The molecule has 4 nitrogen and oxygen atoms in total. The fourth-order valence-corrected chi connectivity index (χ4v) is 3.40. The predicted molar refractivity (Wildman–Crippen MR) is 64.1 cm³/mol. The Hall–Kier alpha value is -0.720. The second-order valence-corrected chi connectivity index (χ2v) is 5.41. The van der Waals surface area contributed by atoms with E-state index in [0.717, 1.165) is 17.9 Å². The Labute approximate surface area is 101 Å². The maximum absolute atomic E-state index is 12.0. The molecule has 0 saturated heterocycles. The van der Waals surface area contributed by atoms with Gasteiger partial charge in [0.05, 0.1) is 9.62 Å². The largest absolute Gasteiger partial charge is 0.298 e. The smallest absolute Gasteiger partial charge is 0.241 e. The van der Waals surface area contributed by atoms with Crippen LogP contribution in [0.2, 0.25) is 0 Å². The van der Waals surface area contributed by atoms with Crippen molar-refractivity contribution in [3.8, 4) is 0 Å². The number of anilines is 1. The van der Waals surface area contributed by atoms with E-state index >= 15 is 0 Å². The van der Waals surface area contributed by atoms with Gasteiger partial charge in [0.25, 0.3) is 0 Å². The summed E-state index contributed by atoms with van der Waals surface area (Å²) in [5.74, 6) is 1.82. The lowest BCUT2D eigenvalue weighted by Crippen LogP contribution is -2.34. The first kappa shape index (κ1) is 9.50. The second kappa shape index (κ2) is 3.13. The number of hydrogen-bond donors (Lipinski definition) is 0. The Morgan fingerprint density at radius 2 is 2.20 bits per heavy atom. The van der Waals surface area contributed by atoms with Gasteiger partial charge in [0.15, 0.2) is 5.82 Å². The third-order valence-electron chi connectivity index (χ3n) is 3.16. The molecule has 15 heavy (non-hydrogen) atoms. The van der Waals surface area contributed by atoms with E-state index < -0.39 is 0 Å². The van der Waals surface area contributed by atoms with Crippen LogP contribution in [0.1, 0.15) is 18.0 Å². The monoisotopic (exact) mass is 315 g/mol. The van der Waals surface area contributed by atoms with Gasteiger partial charge in [-0.25, -0.2) is 4.98 Å². The molecule has 0 N–H and O–H groups in total. The van der Waals surface area contributed by atoms with Crippen molar-refractivity contribution in [1.29, 1.82) is 0 Å². The van der Waals surface area contributed by atoms with Crippen molar-refractivity contribution >= 4 is 34.3 Å². The summed E-state index contributed by atoms with van der Waals surface area (Å²) in [6.07, 6.45) is 4.44. The van der Waals surface area contributed by atoms with Crippen LogP contribution >= 0.6 is 22.6 Å². The summed E-state index contributed by atoms with van der Waals surface area (Å²) in [7, 11) is 1.78. The van der Waals surface area contributed by atoms with Crippen molar-refractivity contribution in [3.05, 3.63) is 18.1 Å². The Balaban J connectivity index is 2.14. The van der Waals surface area contributed by atoms with Gasteiger partial charge in [0.1, 0.15) is 0 Å². The lowest BCUT2D eigenvalue weighted by Gasteiger charge is -2.18. The van der Waals surface area contributed by atoms with Crippen LogP contribution in [0, 0.1) is 5.92 Å². The predicted octanol–water partition coefficient (Wildman–Crippen LogP) is 1.36. The minimum absolute atomic E-state index is 0.0774. The van der Waals surface area contributed by atoms with Crippen LogP contribution in [0.4, 0.5) is 5.82 Å². The Kier molecular flexibility index (Phi) is 1.99. The molecule has 5 heteroatoms. The number of amides is 1. The van der Waals surface area contributed by atoms with Crippen LogP contribution in [-0.2, 0) is 4.79 Å². The summed E-state index contributed by atoms with van der Waals surface area (Å²) in [5, 5.41) is 0. The summed E-state index contributed by atoms with van der Waals surface area (Å²) < 4.78 is 0.0774. The number of halogens is 1. The zero-order valence-electron chi connectivity index (χ0n) is 8.22. The maximum Gasteiger partial charge on any atom is 0.241 e. The van der Waals surface area contributed by atoms with E-state index in [9.17, 15) is 4.79 Å². The summed E-state index contributed by atoms with van der Waals surface area (Å²) >= 11 is 2.24. The molecule has 2 heterocycles. The number of carbonyl (C=O) groups excluding carboxylic acids is 1. The lowest BCUT2D eigenvalue weighted by atomic mass is 10.2. The van der Waals surface area contributed by atoms with Gasteiger partial charge in [-0.3, -0.25) is 14.7 Å². The van der Waals surface area contributed by atoms with E-state index in [1.165, 1.54) is 0 Å². The Morgan fingerprint density at radius 1 is 1.47 bits per heavy atom. The molecule has 78 valence electrons. The van der Waals surface area contributed by atoms with Crippen LogP contribution in [0.5, 0.6) is 0 Å². The number of carbonyl (C=O) groups is 1. The molecule has 0 aromatic carbocycles. The molecule has 1 aliphatic carbocycles. The van der Waals surface area contributed by atoms with Gasteiger partial charge in [-0.05, 0) is 12.3 Å². The van der Waals surface area contributed by atoms with Gasteiger partial charge >= 0.3 is 0 Å². The number of rotatable bonds is 0. The van der Waals surface area contributed by atoms with Crippen LogP contribution in [-0.4, -0.2) is 26.8 Å². The quantitative estimate of drug-likeness (QED) is 0.536. The van der Waals surface area contributed by atoms with Crippen LogP contribution < -0.4 is 4.90 Å². The van der Waals surface area contributed by atoms with Gasteiger partial charge in [0, 0.05) is 25.4 Å². The van der Waals surface area contributed by atoms with Crippen molar-refractivity contribution in [1.82, 2.24) is 9.97 Å². The number of hydrogen-bond acceptors (Lipinski definition) is 3. The van der Waals surface area contributed by atoms with E-state index in [2.05, 4.69) is 32.6 Å². The summed E-state index contributed by atoms with van der Waals surface area (Å²) in [6.45, 7) is 0. The average molecular weight is 315 g/mol. The molecular formula is C10H10IN3O. The highest BCUT2D eigenvalue weighted by Crippen LogP contribution is 2.55. The molecule has 1 saturated carbocycles. The molecule has 1 unspecified atom stereocenters. The van der Waals surface area contributed by atoms with Gasteiger partial charge in [0.2, 0.25) is 5.91 Å².